The Labute approximate surface area is 65.6 Å². The first-order valence-electron chi connectivity index (χ1n) is 3.42. The average molecular weight is 153 g/mol. The number of anilines is 1. The van der Waals surface area contributed by atoms with E-state index in [0.29, 0.717) is 6.61 Å². The average Bonchev–Trinajstić information content (AvgIpc) is 2.07. The van der Waals surface area contributed by atoms with E-state index >= 15 is 0 Å². The summed E-state index contributed by atoms with van der Waals surface area (Å²) in [6, 6.07) is 0. The second-order valence-electron chi connectivity index (χ2n) is 2.01. The van der Waals surface area contributed by atoms with Gasteiger partial charge in [0, 0.05) is 26.0 Å². The maximum Gasteiger partial charge on any atom is 0.144 e. The van der Waals surface area contributed by atoms with Crippen LogP contribution in [-0.4, -0.2) is 30.2 Å². The van der Waals surface area contributed by atoms with Crippen LogP contribution in [0.3, 0.4) is 0 Å². The van der Waals surface area contributed by atoms with Crippen molar-refractivity contribution in [3.63, 3.8) is 0 Å². The SMILES string of the molecule is COCCNc1cnccn1. The van der Waals surface area contributed by atoms with Crippen molar-refractivity contribution in [1.29, 1.82) is 0 Å². The van der Waals surface area contributed by atoms with Gasteiger partial charge in [0.1, 0.15) is 5.82 Å². The molecule has 0 unspecified atom stereocenters. The van der Waals surface area contributed by atoms with Crippen LogP contribution >= 0.6 is 0 Å². The van der Waals surface area contributed by atoms with Gasteiger partial charge in [0.15, 0.2) is 0 Å². The summed E-state index contributed by atoms with van der Waals surface area (Å²) in [6.45, 7) is 1.44. The van der Waals surface area contributed by atoms with E-state index in [9.17, 15) is 0 Å². The van der Waals surface area contributed by atoms with Gasteiger partial charge in [-0.15, -0.1) is 0 Å². The normalized spacial score (nSPS) is 9.55. The van der Waals surface area contributed by atoms with Crippen LogP contribution in [0.25, 0.3) is 0 Å². The Morgan fingerprint density at radius 2 is 2.45 bits per heavy atom. The van der Waals surface area contributed by atoms with Crippen molar-refractivity contribution in [2.75, 3.05) is 25.6 Å². The van der Waals surface area contributed by atoms with Crippen LogP contribution in [0, 0.1) is 0 Å². The van der Waals surface area contributed by atoms with Crippen molar-refractivity contribution in [1.82, 2.24) is 9.97 Å². The molecule has 0 aliphatic rings. The Morgan fingerprint density at radius 1 is 1.55 bits per heavy atom. The highest BCUT2D eigenvalue weighted by Crippen LogP contribution is 1.94. The molecule has 0 aromatic carbocycles. The lowest BCUT2D eigenvalue weighted by Gasteiger charge is -2.01. The minimum Gasteiger partial charge on any atom is -0.383 e. The number of aromatic nitrogens is 2. The Kier molecular flexibility index (Phi) is 3.34. The van der Waals surface area contributed by atoms with Gasteiger partial charge in [-0.1, -0.05) is 0 Å². The quantitative estimate of drug-likeness (QED) is 0.641. The lowest BCUT2D eigenvalue weighted by atomic mass is 10.6. The first-order chi connectivity index (χ1) is 5.43. The van der Waals surface area contributed by atoms with Crippen LogP contribution < -0.4 is 5.32 Å². The Morgan fingerprint density at radius 3 is 3.09 bits per heavy atom. The largest absolute Gasteiger partial charge is 0.383 e. The molecule has 1 heterocycles. The van der Waals surface area contributed by atoms with Gasteiger partial charge < -0.3 is 10.1 Å². The molecular weight excluding hydrogens is 142 g/mol. The van der Waals surface area contributed by atoms with Crippen LogP contribution in [0.5, 0.6) is 0 Å². The Bertz CT molecular complexity index is 190. The van der Waals surface area contributed by atoms with E-state index in [4.69, 9.17) is 4.74 Å². The summed E-state index contributed by atoms with van der Waals surface area (Å²) >= 11 is 0. The van der Waals surface area contributed by atoms with Crippen LogP contribution in [-0.2, 0) is 4.74 Å². The number of hydrogen-bond donors (Lipinski definition) is 1. The number of ether oxygens (including phenoxy) is 1. The lowest BCUT2D eigenvalue weighted by Crippen LogP contribution is -2.08. The fourth-order valence-electron chi connectivity index (χ4n) is 0.672. The van der Waals surface area contributed by atoms with Gasteiger partial charge in [0.05, 0.1) is 12.8 Å². The van der Waals surface area contributed by atoms with E-state index in [2.05, 4.69) is 15.3 Å². The number of nitrogens with zero attached hydrogens (tertiary/aromatic N) is 2. The maximum absolute atomic E-state index is 4.85. The van der Waals surface area contributed by atoms with Crippen LogP contribution in [0.4, 0.5) is 5.82 Å². The number of hydrogen-bond acceptors (Lipinski definition) is 4. The first kappa shape index (κ1) is 7.94. The van der Waals surface area contributed by atoms with Crippen molar-refractivity contribution in [2.24, 2.45) is 0 Å². The Hall–Kier alpha value is -1.16. The summed E-state index contributed by atoms with van der Waals surface area (Å²) < 4.78 is 4.85. The van der Waals surface area contributed by atoms with Crippen molar-refractivity contribution in [3.8, 4) is 0 Å². The zero-order valence-electron chi connectivity index (χ0n) is 6.45. The molecule has 1 rings (SSSR count). The smallest absolute Gasteiger partial charge is 0.144 e. The molecule has 4 heteroatoms. The fourth-order valence-corrected chi connectivity index (χ4v) is 0.672. The highest BCUT2D eigenvalue weighted by molar-refractivity contribution is 5.29. The van der Waals surface area contributed by atoms with Crippen molar-refractivity contribution in [3.05, 3.63) is 18.6 Å². The zero-order chi connectivity index (χ0) is 7.94. The molecular formula is C7H11N3O. The summed E-state index contributed by atoms with van der Waals surface area (Å²) in [5.74, 6) is 0.782. The first-order valence-corrected chi connectivity index (χ1v) is 3.42. The molecule has 0 fully saturated rings. The summed E-state index contributed by atoms with van der Waals surface area (Å²) in [7, 11) is 1.67. The van der Waals surface area contributed by atoms with Gasteiger partial charge in [0.25, 0.3) is 0 Å². The summed E-state index contributed by atoms with van der Waals surface area (Å²) in [5, 5.41) is 3.05. The molecule has 0 radical (unpaired) electrons. The monoisotopic (exact) mass is 153 g/mol. The highest BCUT2D eigenvalue weighted by atomic mass is 16.5. The zero-order valence-corrected chi connectivity index (χ0v) is 6.45. The second-order valence-corrected chi connectivity index (χ2v) is 2.01. The van der Waals surface area contributed by atoms with Crippen molar-refractivity contribution >= 4 is 5.82 Å². The van der Waals surface area contributed by atoms with E-state index < -0.39 is 0 Å². The number of nitrogens with one attached hydrogen (secondary N) is 1. The van der Waals surface area contributed by atoms with Gasteiger partial charge in [-0.2, -0.15) is 0 Å². The fraction of sp³-hybridized carbons (Fsp3) is 0.429. The predicted molar refractivity (Wildman–Crippen MR) is 42.4 cm³/mol. The van der Waals surface area contributed by atoms with Gasteiger partial charge in [-0.25, -0.2) is 4.98 Å². The molecule has 0 atom stereocenters. The van der Waals surface area contributed by atoms with Gasteiger partial charge in [0.2, 0.25) is 0 Å². The summed E-state index contributed by atoms with van der Waals surface area (Å²) in [5.41, 5.74) is 0. The topological polar surface area (TPSA) is 47.0 Å². The van der Waals surface area contributed by atoms with Crippen LogP contribution in [0.2, 0.25) is 0 Å². The molecule has 0 saturated heterocycles. The van der Waals surface area contributed by atoms with Crippen molar-refractivity contribution in [2.45, 2.75) is 0 Å². The maximum atomic E-state index is 4.85. The third-order valence-corrected chi connectivity index (χ3v) is 1.18. The highest BCUT2D eigenvalue weighted by Gasteiger charge is 1.88. The number of methoxy groups -OCH3 is 1. The predicted octanol–water partition coefficient (Wildman–Crippen LogP) is 0.535. The summed E-state index contributed by atoms with van der Waals surface area (Å²) in [6.07, 6.45) is 4.96. The summed E-state index contributed by atoms with van der Waals surface area (Å²) in [4.78, 5) is 7.92. The molecule has 0 bridgehead atoms. The minimum absolute atomic E-state index is 0.677. The Balaban J connectivity index is 2.28. The van der Waals surface area contributed by atoms with E-state index in [1.165, 1.54) is 0 Å². The van der Waals surface area contributed by atoms with Gasteiger partial charge in [-0.05, 0) is 0 Å². The molecule has 1 aromatic rings. The molecule has 1 aromatic heterocycles. The van der Waals surface area contributed by atoms with Crippen LogP contribution in [0.1, 0.15) is 0 Å². The standard InChI is InChI=1S/C7H11N3O/c1-11-5-4-10-7-6-8-2-3-9-7/h2-3,6H,4-5H2,1H3,(H,9,10). The molecule has 0 spiro atoms. The number of rotatable bonds is 4. The molecule has 1 N–H and O–H groups in total. The molecule has 0 amide bonds. The minimum atomic E-state index is 0.677. The van der Waals surface area contributed by atoms with Crippen LogP contribution in [0.15, 0.2) is 18.6 Å². The molecule has 11 heavy (non-hydrogen) atoms. The van der Waals surface area contributed by atoms with E-state index in [0.717, 1.165) is 12.4 Å². The third kappa shape index (κ3) is 2.95. The molecule has 0 aliphatic heterocycles. The van der Waals surface area contributed by atoms with Crippen molar-refractivity contribution < 1.29 is 4.74 Å². The molecule has 4 nitrogen and oxygen atoms in total. The van der Waals surface area contributed by atoms with E-state index in [-0.39, 0.29) is 0 Å². The third-order valence-electron chi connectivity index (χ3n) is 1.18. The van der Waals surface area contributed by atoms with Gasteiger partial charge >= 0.3 is 0 Å². The van der Waals surface area contributed by atoms with Gasteiger partial charge in [-0.3, -0.25) is 4.98 Å². The molecule has 0 saturated carbocycles. The molecule has 60 valence electrons. The van der Waals surface area contributed by atoms with E-state index in [1.54, 1.807) is 25.7 Å². The molecule has 0 aliphatic carbocycles. The van der Waals surface area contributed by atoms with E-state index in [1.807, 2.05) is 0 Å². The lowest BCUT2D eigenvalue weighted by molar-refractivity contribution is 0.210. The second kappa shape index (κ2) is 4.62.